The summed E-state index contributed by atoms with van der Waals surface area (Å²) in [4.78, 5) is 29.5. The van der Waals surface area contributed by atoms with Crippen LogP contribution >= 0.6 is 11.8 Å². The van der Waals surface area contributed by atoms with Crippen LogP contribution < -0.4 is 10.1 Å². The molecule has 158 valence electrons. The van der Waals surface area contributed by atoms with Gasteiger partial charge in [-0.3, -0.25) is 4.79 Å². The van der Waals surface area contributed by atoms with Gasteiger partial charge in [-0.15, -0.1) is 11.8 Å². The molecule has 30 heavy (non-hydrogen) atoms. The lowest BCUT2D eigenvalue weighted by Gasteiger charge is -2.44. The average molecular weight is 426 g/mol. The number of anilines is 1. The maximum absolute atomic E-state index is 13.2. The van der Waals surface area contributed by atoms with Crippen LogP contribution in [0.3, 0.4) is 0 Å². The maximum atomic E-state index is 13.2. The first-order valence-corrected chi connectivity index (χ1v) is 11.2. The summed E-state index contributed by atoms with van der Waals surface area (Å²) >= 11 is 1.85. The predicted octanol–water partition coefficient (Wildman–Crippen LogP) is 4.22. The van der Waals surface area contributed by atoms with E-state index in [-0.39, 0.29) is 16.8 Å². The van der Waals surface area contributed by atoms with Crippen LogP contribution in [-0.4, -0.2) is 59.1 Å². The molecule has 2 aromatic carbocycles. The number of nitrogens with zero attached hydrogens (tertiary/aromatic N) is 2. The zero-order valence-electron chi connectivity index (χ0n) is 17.4. The summed E-state index contributed by atoms with van der Waals surface area (Å²) in [5.74, 6) is 1.72. The third-order valence-corrected chi connectivity index (χ3v) is 7.45. The molecule has 0 bridgehead atoms. The number of ether oxygens (including phenoxy) is 1. The second-order valence-corrected chi connectivity index (χ2v) is 9.22. The second kappa shape index (κ2) is 8.60. The monoisotopic (exact) mass is 425 g/mol. The van der Waals surface area contributed by atoms with E-state index in [1.807, 2.05) is 77.0 Å². The fourth-order valence-corrected chi connectivity index (χ4v) is 5.55. The molecule has 2 fully saturated rings. The summed E-state index contributed by atoms with van der Waals surface area (Å²) in [5.41, 5.74) is 2.64. The van der Waals surface area contributed by atoms with E-state index in [1.165, 1.54) is 0 Å². The molecule has 0 atom stereocenters. The van der Waals surface area contributed by atoms with E-state index < -0.39 is 0 Å². The lowest BCUT2D eigenvalue weighted by molar-refractivity contribution is 0.0585. The van der Waals surface area contributed by atoms with Gasteiger partial charge in [0.1, 0.15) is 5.75 Å². The maximum Gasteiger partial charge on any atom is 0.321 e. The summed E-state index contributed by atoms with van der Waals surface area (Å²) in [6.45, 7) is 4.03. The van der Waals surface area contributed by atoms with Gasteiger partial charge in [0, 0.05) is 36.6 Å². The number of nitrogens with one attached hydrogen (secondary N) is 1. The Labute approximate surface area is 181 Å². The summed E-state index contributed by atoms with van der Waals surface area (Å²) in [7, 11) is 1.62. The SMILES string of the molecule is COc1ccc(C(=O)N2CCSC23CCN(C(=O)Nc2ccc(C)cc2)CC3)cc1. The van der Waals surface area contributed by atoms with Gasteiger partial charge >= 0.3 is 6.03 Å². The lowest BCUT2D eigenvalue weighted by Crippen LogP contribution is -2.54. The number of likely N-dealkylation sites (tertiary alicyclic amines) is 1. The highest BCUT2D eigenvalue weighted by molar-refractivity contribution is 8.00. The van der Waals surface area contributed by atoms with Crippen LogP contribution in [0.4, 0.5) is 10.5 Å². The molecule has 0 saturated carbocycles. The molecule has 2 aromatic rings. The van der Waals surface area contributed by atoms with Crippen molar-refractivity contribution in [3.63, 3.8) is 0 Å². The summed E-state index contributed by atoms with van der Waals surface area (Å²) in [6, 6.07) is 15.0. The zero-order chi connectivity index (χ0) is 21.1. The highest BCUT2D eigenvalue weighted by Gasteiger charge is 2.47. The van der Waals surface area contributed by atoms with Gasteiger partial charge in [0.2, 0.25) is 0 Å². The average Bonchev–Trinajstić information content (AvgIpc) is 3.18. The minimum Gasteiger partial charge on any atom is -0.497 e. The van der Waals surface area contributed by atoms with E-state index in [0.29, 0.717) is 18.7 Å². The minimum atomic E-state index is -0.225. The highest BCUT2D eigenvalue weighted by Crippen LogP contribution is 2.44. The molecular formula is C23H27N3O3S. The molecular weight excluding hydrogens is 398 g/mol. The Bertz CT molecular complexity index is 906. The molecule has 6 nitrogen and oxygen atoms in total. The number of hydrogen-bond acceptors (Lipinski definition) is 4. The minimum absolute atomic E-state index is 0.0557. The first-order valence-electron chi connectivity index (χ1n) is 10.2. The molecule has 1 spiro atoms. The molecule has 3 amide bonds. The van der Waals surface area contributed by atoms with Crippen molar-refractivity contribution >= 4 is 29.4 Å². The number of piperidine rings is 1. The Hall–Kier alpha value is -2.67. The summed E-state index contributed by atoms with van der Waals surface area (Å²) < 4.78 is 5.19. The van der Waals surface area contributed by atoms with Crippen LogP contribution in [-0.2, 0) is 0 Å². The molecule has 2 aliphatic heterocycles. The molecule has 4 rings (SSSR count). The van der Waals surface area contributed by atoms with Crippen LogP contribution in [0.5, 0.6) is 5.75 Å². The second-order valence-electron chi connectivity index (χ2n) is 7.76. The van der Waals surface area contributed by atoms with E-state index in [4.69, 9.17) is 4.74 Å². The number of urea groups is 1. The highest BCUT2D eigenvalue weighted by atomic mass is 32.2. The number of amides is 3. The Morgan fingerprint density at radius 1 is 1.00 bits per heavy atom. The number of rotatable bonds is 3. The molecule has 2 heterocycles. The lowest BCUT2D eigenvalue weighted by atomic mass is 10.0. The molecule has 2 aliphatic rings. The van der Waals surface area contributed by atoms with Crippen LogP contribution in [0.2, 0.25) is 0 Å². The van der Waals surface area contributed by atoms with Gasteiger partial charge in [0.25, 0.3) is 5.91 Å². The van der Waals surface area contributed by atoms with Crippen molar-refractivity contribution in [2.75, 3.05) is 37.8 Å². The Balaban J connectivity index is 1.40. The van der Waals surface area contributed by atoms with E-state index in [0.717, 1.165) is 42.1 Å². The molecule has 1 N–H and O–H groups in total. The van der Waals surface area contributed by atoms with Gasteiger partial charge in [-0.2, -0.15) is 0 Å². The van der Waals surface area contributed by atoms with Crippen LogP contribution in [0, 0.1) is 6.92 Å². The van der Waals surface area contributed by atoms with Crippen molar-refractivity contribution in [1.82, 2.24) is 9.80 Å². The van der Waals surface area contributed by atoms with Crippen molar-refractivity contribution < 1.29 is 14.3 Å². The Kier molecular flexibility index (Phi) is 5.90. The number of aryl methyl sites for hydroxylation is 1. The van der Waals surface area contributed by atoms with Gasteiger partial charge in [-0.1, -0.05) is 17.7 Å². The van der Waals surface area contributed by atoms with E-state index >= 15 is 0 Å². The fourth-order valence-electron chi connectivity index (χ4n) is 4.10. The Morgan fingerprint density at radius 2 is 1.67 bits per heavy atom. The molecule has 0 unspecified atom stereocenters. The predicted molar refractivity (Wildman–Crippen MR) is 120 cm³/mol. The van der Waals surface area contributed by atoms with Crippen LogP contribution in [0.1, 0.15) is 28.8 Å². The molecule has 2 saturated heterocycles. The van der Waals surface area contributed by atoms with Crippen molar-refractivity contribution in [2.45, 2.75) is 24.6 Å². The number of hydrogen-bond donors (Lipinski definition) is 1. The number of carbonyl (C=O) groups is 2. The van der Waals surface area contributed by atoms with Crippen molar-refractivity contribution in [3.05, 3.63) is 59.7 Å². The number of benzene rings is 2. The molecule has 0 aliphatic carbocycles. The summed E-state index contributed by atoms with van der Waals surface area (Å²) in [6.07, 6.45) is 1.56. The number of thioether (sulfide) groups is 1. The topological polar surface area (TPSA) is 61.9 Å². The molecule has 7 heteroatoms. The largest absolute Gasteiger partial charge is 0.497 e. The van der Waals surface area contributed by atoms with E-state index in [2.05, 4.69) is 5.32 Å². The first kappa shape index (κ1) is 20.6. The third-order valence-electron chi connectivity index (χ3n) is 5.89. The molecule has 0 aromatic heterocycles. The van der Waals surface area contributed by atoms with Gasteiger partial charge in [0.05, 0.1) is 12.0 Å². The summed E-state index contributed by atoms with van der Waals surface area (Å²) in [5, 5.41) is 2.98. The van der Waals surface area contributed by atoms with Crippen molar-refractivity contribution in [2.24, 2.45) is 0 Å². The zero-order valence-corrected chi connectivity index (χ0v) is 18.2. The van der Waals surface area contributed by atoms with Gasteiger partial charge in [-0.05, 0) is 56.2 Å². The first-order chi connectivity index (χ1) is 14.5. The van der Waals surface area contributed by atoms with E-state index in [9.17, 15) is 9.59 Å². The van der Waals surface area contributed by atoms with E-state index in [1.54, 1.807) is 7.11 Å². The number of carbonyl (C=O) groups excluding carboxylic acids is 2. The quantitative estimate of drug-likeness (QED) is 0.800. The standard InChI is InChI=1S/C23H27N3O3S/c1-17-3-7-19(8-4-17)24-22(28)25-13-11-23(12-14-25)26(15-16-30-23)21(27)18-5-9-20(29-2)10-6-18/h3-10H,11-16H2,1-2H3,(H,24,28). The smallest absolute Gasteiger partial charge is 0.321 e. The fraction of sp³-hybridized carbons (Fsp3) is 0.391. The van der Waals surface area contributed by atoms with Crippen LogP contribution in [0.25, 0.3) is 0 Å². The Morgan fingerprint density at radius 3 is 2.30 bits per heavy atom. The normalized spacial score (nSPS) is 17.8. The van der Waals surface area contributed by atoms with Gasteiger partial charge in [-0.25, -0.2) is 4.79 Å². The van der Waals surface area contributed by atoms with Gasteiger partial charge < -0.3 is 19.9 Å². The van der Waals surface area contributed by atoms with Crippen LogP contribution in [0.15, 0.2) is 48.5 Å². The number of methoxy groups -OCH3 is 1. The third kappa shape index (κ3) is 4.12. The van der Waals surface area contributed by atoms with Gasteiger partial charge in [0.15, 0.2) is 0 Å². The van der Waals surface area contributed by atoms with Crippen molar-refractivity contribution in [1.29, 1.82) is 0 Å². The van der Waals surface area contributed by atoms with Crippen molar-refractivity contribution in [3.8, 4) is 5.75 Å². The molecule has 0 radical (unpaired) electrons.